The van der Waals surface area contributed by atoms with E-state index in [0.717, 1.165) is 15.7 Å². The first-order valence-electron chi connectivity index (χ1n) is 9.91. The van der Waals surface area contributed by atoms with Crippen LogP contribution >= 0.6 is 0 Å². The Hall–Kier alpha value is -3.42. The molecular weight excluding hydrogens is 386 g/mol. The third-order valence-corrected chi connectivity index (χ3v) is 5.09. The van der Waals surface area contributed by atoms with Crippen molar-refractivity contribution in [3.8, 4) is 0 Å². The molecule has 1 atom stereocenters. The van der Waals surface area contributed by atoms with Crippen LogP contribution in [0.1, 0.15) is 32.3 Å². The van der Waals surface area contributed by atoms with Crippen molar-refractivity contribution in [3.63, 3.8) is 0 Å². The molecule has 0 radical (unpaired) electrons. The number of urea groups is 1. The van der Waals surface area contributed by atoms with Gasteiger partial charge in [-0.15, -0.1) is 0 Å². The predicted molar refractivity (Wildman–Crippen MR) is 110 cm³/mol. The molecule has 0 bridgehead atoms. The average molecular weight is 411 g/mol. The van der Waals surface area contributed by atoms with E-state index in [-0.39, 0.29) is 25.5 Å². The van der Waals surface area contributed by atoms with Gasteiger partial charge < -0.3 is 15.4 Å². The van der Waals surface area contributed by atoms with Gasteiger partial charge in [0.1, 0.15) is 12.1 Å². The number of benzene rings is 2. The number of carbonyl (C=O) groups is 4. The topological polar surface area (TPSA) is 105 Å². The summed E-state index contributed by atoms with van der Waals surface area (Å²) in [5.41, 5.74) is -0.585. The number of nitrogens with one attached hydrogen (secondary N) is 2. The molecule has 0 aliphatic carbocycles. The number of amides is 4. The number of esters is 1. The van der Waals surface area contributed by atoms with E-state index in [4.69, 9.17) is 4.74 Å². The van der Waals surface area contributed by atoms with E-state index < -0.39 is 23.4 Å². The highest BCUT2D eigenvalue weighted by Crippen LogP contribution is 2.33. The van der Waals surface area contributed by atoms with Crippen LogP contribution in [0.5, 0.6) is 0 Å². The number of nitrogens with zero attached hydrogens (tertiary/aromatic N) is 1. The molecule has 1 saturated heterocycles. The van der Waals surface area contributed by atoms with Crippen LogP contribution in [0.25, 0.3) is 10.8 Å². The first-order valence-corrected chi connectivity index (χ1v) is 9.91. The Labute approximate surface area is 174 Å². The van der Waals surface area contributed by atoms with Gasteiger partial charge in [-0.1, -0.05) is 42.5 Å². The number of rotatable bonds is 8. The lowest BCUT2D eigenvalue weighted by atomic mass is 9.88. The number of hydrogen-bond acceptors (Lipinski definition) is 5. The quantitative estimate of drug-likeness (QED) is 0.393. The van der Waals surface area contributed by atoms with Gasteiger partial charge >= 0.3 is 12.0 Å². The summed E-state index contributed by atoms with van der Waals surface area (Å²) in [5, 5.41) is 7.18. The van der Waals surface area contributed by atoms with Gasteiger partial charge in [0.15, 0.2) is 0 Å². The van der Waals surface area contributed by atoms with Gasteiger partial charge in [0.25, 0.3) is 5.91 Å². The molecule has 1 heterocycles. The molecule has 1 unspecified atom stereocenters. The average Bonchev–Trinajstić information content (AvgIpc) is 2.95. The Kier molecular flexibility index (Phi) is 6.34. The molecule has 1 aliphatic heterocycles. The molecule has 0 aromatic heterocycles. The second kappa shape index (κ2) is 8.94. The summed E-state index contributed by atoms with van der Waals surface area (Å²) in [4.78, 5) is 50.0. The normalized spacial score (nSPS) is 18.4. The minimum absolute atomic E-state index is 0.191. The van der Waals surface area contributed by atoms with Crippen molar-refractivity contribution in [1.29, 1.82) is 0 Å². The van der Waals surface area contributed by atoms with Crippen molar-refractivity contribution < 1.29 is 23.9 Å². The zero-order valence-electron chi connectivity index (χ0n) is 17.1. The standard InChI is InChI=1S/C22H25N3O5/c1-3-30-19(27)12-7-13-23-18(26)14-25-20(28)22(2,24-21(25)29)17-11-6-9-15-8-4-5-10-16(15)17/h4-6,8-11H,3,7,12-14H2,1-2H3,(H,23,26)(H,24,29). The van der Waals surface area contributed by atoms with Crippen LogP contribution in [-0.2, 0) is 24.7 Å². The highest BCUT2D eigenvalue weighted by molar-refractivity contribution is 6.10. The Balaban J connectivity index is 1.66. The van der Waals surface area contributed by atoms with Gasteiger partial charge in [-0.05, 0) is 36.6 Å². The summed E-state index contributed by atoms with van der Waals surface area (Å²) in [5.74, 6) is -1.28. The lowest BCUT2D eigenvalue weighted by Gasteiger charge is -2.24. The highest BCUT2D eigenvalue weighted by Gasteiger charge is 2.50. The molecule has 0 spiro atoms. The molecule has 3 rings (SSSR count). The van der Waals surface area contributed by atoms with Crippen LogP contribution in [0.2, 0.25) is 0 Å². The molecule has 0 saturated carbocycles. The molecule has 1 fully saturated rings. The van der Waals surface area contributed by atoms with Crippen molar-refractivity contribution >= 4 is 34.6 Å². The summed E-state index contributed by atoms with van der Waals surface area (Å²) >= 11 is 0. The van der Waals surface area contributed by atoms with Crippen molar-refractivity contribution in [2.24, 2.45) is 0 Å². The highest BCUT2D eigenvalue weighted by atomic mass is 16.5. The third-order valence-electron chi connectivity index (χ3n) is 5.09. The summed E-state index contributed by atoms with van der Waals surface area (Å²) in [6, 6.07) is 12.6. The van der Waals surface area contributed by atoms with Gasteiger partial charge in [0.2, 0.25) is 5.91 Å². The maximum Gasteiger partial charge on any atom is 0.325 e. The van der Waals surface area contributed by atoms with Gasteiger partial charge in [-0.2, -0.15) is 0 Å². The molecular formula is C22H25N3O5. The Morgan fingerprint density at radius 2 is 1.87 bits per heavy atom. The van der Waals surface area contributed by atoms with Crippen LogP contribution in [0.4, 0.5) is 4.79 Å². The second-order valence-corrected chi connectivity index (χ2v) is 7.23. The third kappa shape index (κ3) is 4.27. The molecule has 2 aromatic carbocycles. The van der Waals surface area contributed by atoms with E-state index in [2.05, 4.69) is 10.6 Å². The summed E-state index contributed by atoms with van der Waals surface area (Å²) in [6.45, 7) is 3.55. The number of carbonyl (C=O) groups excluding carboxylic acids is 4. The molecule has 4 amide bonds. The fourth-order valence-corrected chi connectivity index (χ4v) is 3.58. The largest absolute Gasteiger partial charge is 0.466 e. The molecule has 1 aliphatic rings. The second-order valence-electron chi connectivity index (χ2n) is 7.23. The summed E-state index contributed by atoms with van der Waals surface area (Å²) in [6.07, 6.45) is 0.606. The molecule has 2 N–H and O–H groups in total. The van der Waals surface area contributed by atoms with Crippen molar-refractivity contribution in [3.05, 3.63) is 48.0 Å². The van der Waals surface area contributed by atoms with E-state index in [0.29, 0.717) is 18.6 Å². The number of fused-ring (bicyclic) bond motifs is 1. The Bertz CT molecular complexity index is 984. The SMILES string of the molecule is CCOC(=O)CCCNC(=O)CN1C(=O)NC(C)(c2cccc3ccccc23)C1=O. The van der Waals surface area contributed by atoms with E-state index >= 15 is 0 Å². The molecule has 8 nitrogen and oxygen atoms in total. The van der Waals surface area contributed by atoms with Crippen molar-refractivity contribution in [1.82, 2.24) is 15.5 Å². The van der Waals surface area contributed by atoms with E-state index in [9.17, 15) is 19.2 Å². The van der Waals surface area contributed by atoms with Crippen LogP contribution in [-0.4, -0.2) is 48.4 Å². The van der Waals surface area contributed by atoms with Crippen LogP contribution in [0.15, 0.2) is 42.5 Å². The molecule has 8 heteroatoms. The number of ether oxygens (including phenoxy) is 1. The maximum absolute atomic E-state index is 13.1. The number of hydrogen-bond donors (Lipinski definition) is 2. The maximum atomic E-state index is 13.1. The molecule has 158 valence electrons. The minimum atomic E-state index is -1.26. The first-order chi connectivity index (χ1) is 14.4. The monoisotopic (exact) mass is 411 g/mol. The first kappa shape index (κ1) is 21.3. The number of imide groups is 1. The lowest BCUT2D eigenvalue weighted by molar-refractivity contribution is -0.143. The summed E-state index contributed by atoms with van der Waals surface area (Å²) < 4.78 is 4.82. The fraction of sp³-hybridized carbons (Fsp3) is 0.364. The molecule has 30 heavy (non-hydrogen) atoms. The zero-order valence-corrected chi connectivity index (χ0v) is 17.1. The molecule has 2 aromatic rings. The lowest BCUT2D eigenvalue weighted by Crippen LogP contribution is -2.43. The Morgan fingerprint density at radius 1 is 1.13 bits per heavy atom. The van der Waals surface area contributed by atoms with Crippen molar-refractivity contribution in [2.75, 3.05) is 19.7 Å². The van der Waals surface area contributed by atoms with E-state index in [1.807, 2.05) is 36.4 Å². The smallest absolute Gasteiger partial charge is 0.325 e. The zero-order chi connectivity index (χ0) is 21.7. The van der Waals surface area contributed by atoms with Gasteiger partial charge in [0, 0.05) is 13.0 Å². The predicted octanol–water partition coefficient (Wildman–Crippen LogP) is 2.07. The summed E-state index contributed by atoms with van der Waals surface area (Å²) in [7, 11) is 0. The van der Waals surface area contributed by atoms with Gasteiger partial charge in [-0.3, -0.25) is 19.3 Å². The van der Waals surface area contributed by atoms with Crippen LogP contribution in [0.3, 0.4) is 0 Å². The fourth-order valence-electron chi connectivity index (χ4n) is 3.58. The minimum Gasteiger partial charge on any atom is -0.466 e. The van der Waals surface area contributed by atoms with Gasteiger partial charge in [-0.25, -0.2) is 4.79 Å². The van der Waals surface area contributed by atoms with Crippen LogP contribution in [0, 0.1) is 0 Å². The Morgan fingerprint density at radius 3 is 2.63 bits per heavy atom. The van der Waals surface area contributed by atoms with E-state index in [1.54, 1.807) is 19.9 Å². The van der Waals surface area contributed by atoms with Crippen molar-refractivity contribution in [2.45, 2.75) is 32.2 Å². The van der Waals surface area contributed by atoms with Crippen LogP contribution < -0.4 is 10.6 Å². The van der Waals surface area contributed by atoms with Gasteiger partial charge in [0.05, 0.1) is 6.61 Å². The van der Waals surface area contributed by atoms with E-state index in [1.165, 1.54) is 0 Å².